The number of likely N-dealkylation sites (tertiary alicyclic amines) is 1. The molecule has 0 aliphatic carbocycles. The van der Waals surface area contributed by atoms with Crippen molar-refractivity contribution in [3.05, 3.63) is 33.9 Å². The van der Waals surface area contributed by atoms with Gasteiger partial charge >= 0.3 is 5.69 Å². The standard InChI is InChI=1S/C17H23N3O4/c1-24-15-3-2-13(12-14(15)20(22)23)16(21)19-10-6-17(7-11-19)4-8-18-9-5-17/h2-3,12,18H,4-11H2,1H3. The monoisotopic (exact) mass is 333 g/mol. The summed E-state index contributed by atoms with van der Waals surface area (Å²) in [5.74, 6) is 0.0355. The maximum atomic E-state index is 12.7. The summed E-state index contributed by atoms with van der Waals surface area (Å²) in [4.78, 5) is 25.1. The third-order valence-corrected chi connectivity index (χ3v) is 5.40. The van der Waals surface area contributed by atoms with Gasteiger partial charge in [-0.3, -0.25) is 14.9 Å². The summed E-state index contributed by atoms with van der Waals surface area (Å²) >= 11 is 0. The van der Waals surface area contributed by atoms with E-state index in [1.54, 1.807) is 6.07 Å². The highest BCUT2D eigenvalue weighted by atomic mass is 16.6. The largest absolute Gasteiger partial charge is 0.490 e. The summed E-state index contributed by atoms with van der Waals surface area (Å²) < 4.78 is 4.99. The molecule has 0 atom stereocenters. The van der Waals surface area contributed by atoms with Gasteiger partial charge in [0.25, 0.3) is 5.91 Å². The third kappa shape index (κ3) is 3.21. The van der Waals surface area contributed by atoms with Crippen molar-refractivity contribution in [2.24, 2.45) is 5.41 Å². The number of nitrogens with zero attached hydrogens (tertiary/aromatic N) is 2. The Morgan fingerprint density at radius 3 is 2.50 bits per heavy atom. The number of piperidine rings is 2. The lowest BCUT2D eigenvalue weighted by Gasteiger charge is -2.44. The molecule has 1 amide bonds. The van der Waals surface area contributed by atoms with E-state index < -0.39 is 4.92 Å². The Balaban J connectivity index is 1.71. The van der Waals surface area contributed by atoms with E-state index in [-0.39, 0.29) is 17.3 Å². The van der Waals surface area contributed by atoms with Crippen molar-refractivity contribution in [1.82, 2.24) is 10.2 Å². The zero-order chi connectivity index (χ0) is 17.2. The molecule has 2 saturated heterocycles. The van der Waals surface area contributed by atoms with Crippen LogP contribution in [0, 0.1) is 15.5 Å². The van der Waals surface area contributed by atoms with Gasteiger partial charge in [-0.05, 0) is 56.3 Å². The van der Waals surface area contributed by atoms with Gasteiger partial charge in [-0.25, -0.2) is 0 Å². The molecule has 2 aliphatic rings. The Hall–Kier alpha value is -2.15. The first-order valence-electron chi connectivity index (χ1n) is 8.37. The summed E-state index contributed by atoms with van der Waals surface area (Å²) in [6.07, 6.45) is 4.36. The first-order chi connectivity index (χ1) is 11.5. The summed E-state index contributed by atoms with van der Waals surface area (Å²) in [5.41, 5.74) is 0.549. The van der Waals surface area contributed by atoms with Gasteiger partial charge in [-0.2, -0.15) is 0 Å². The minimum absolute atomic E-state index is 0.135. The minimum atomic E-state index is -0.518. The maximum Gasteiger partial charge on any atom is 0.311 e. The van der Waals surface area contributed by atoms with Crippen LogP contribution >= 0.6 is 0 Å². The van der Waals surface area contributed by atoms with E-state index in [9.17, 15) is 14.9 Å². The van der Waals surface area contributed by atoms with Gasteiger partial charge in [-0.1, -0.05) is 0 Å². The molecule has 0 aromatic heterocycles. The van der Waals surface area contributed by atoms with E-state index in [1.165, 1.54) is 32.1 Å². The number of carbonyl (C=O) groups is 1. The second-order valence-corrected chi connectivity index (χ2v) is 6.69. The van der Waals surface area contributed by atoms with E-state index in [2.05, 4.69) is 5.32 Å². The van der Waals surface area contributed by atoms with E-state index in [0.717, 1.165) is 39.0 Å². The van der Waals surface area contributed by atoms with Crippen molar-refractivity contribution in [1.29, 1.82) is 0 Å². The fourth-order valence-electron chi connectivity index (χ4n) is 3.79. The molecule has 0 unspecified atom stereocenters. The minimum Gasteiger partial charge on any atom is -0.490 e. The van der Waals surface area contributed by atoms with Gasteiger partial charge in [-0.15, -0.1) is 0 Å². The lowest BCUT2D eigenvalue weighted by molar-refractivity contribution is -0.385. The fourth-order valence-corrected chi connectivity index (χ4v) is 3.79. The second-order valence-electron chi connectivity index (χ2n) is 6.69. The zero-order valence-corrected chi connectivity index (χ0v) is 13.9. The van der Waals surface area contributed by atoms with Crippen LogP contribution in [0.25, 0.3) is 0 Å². The Bertz CT molecular complexity index is 631. The van der Waals surface area contributed by atoms with E-state index in [4.69, 9.17) is 4.74 Å². The van der Waals surface area contributed by atoms with E-state index in [1.807, 2.05) is 4.90 Å². The lowest BCUT2D eigenvalue weighted by Crippen LogP contribution is -2.47. The first kappa shape index (κ1) is 16.7. The number of carbonyl (C=O) groups excluding carboxylic acids is 1. The zero-order valence-electron chi connectivity index (χ0n) is 13.9. The molecule has 2 heterocycles. The van der Waals surface area contributed by atoms with Crippen LogP contribution in [-0.2, 0) is 0 Å². The molecule has 0 bridgehead atoms. The molecule has 1 aromatic rings. The van der Waals surface area contributed by atoms with Crippen LogP contribution in [0.4, 0.5) is 5.69 Å². The molecule has 7 heteroatoms. The van der Waals surface area contributed by atoms with Gasteiger partial charge in [0.2, 0.25) is 0 Å². The Labute approximate surface area is 141 Å². The number of ether oxygens (including phenoxy) is 1. The summed E-state index contributed by atoms with van der Waals surface area (Å²) in [6.45, 7) is 3.55. The number of benzene rings is 1. The van der Waals surface area contributed by atoms with E-state index in [0.29, 0.717) is 11.0 Å². The average Bonchev–Trinajstić information content (AvgIpc) is 2.62. The third-order valence-electron chi connectivity index (χ3n) is 5.40. The van der Waals surface area contributed by atoms with Crippen molar-refractivity contribution in [2.45, 2.75) is 25.7 Å². The van der Waals surface area contributed by atoms with E-state index >= 15 is 0 Å². The molecule has 24 heavy (non-hydrogen) atoms. The Morgan fingerprint density at radius 1 is 1.25 bits per heavy atom. The quantitative estimate of drug-likeness (QED) is 0.677. The number of nitro benzene ring substituents is 1. The predicted molar refractivity (Wildman–Crippen MR) is 89.3 cm³/mol. The highest BCUT2D eigenvalue weighted by Crippen LogP contribution is 2.40. The molecule has 1 N–H and O–H groups in total. The van der Waals surface area contributed by atoms with Crippen LogP contribution < -0.4 is 10.1 Å². The number of methoxy groups -OCH3 is 1. The number of amides is 1. The molecule has 130 valence electrons. The van der Waals surface area contributed by atoms with Crippen molar-refractivity contribution in [2.75, 3.05) is 33.3 Å². The summed E-state index contributed by atoms with van der Waals surface area (Å²) in [7, 11) is 1.38. The topological polar surface area (TPSA) is 84.7 Å². The molecule has 1 aromatic carbocycles. The molecular weight excluding hydrogens is 310 g/mol. The molecule has 2 aliphatic heterocycles. The van der Waals surface area contributed by atoms with Gasteiger partial charge in [0.05, 0.1) is 12.0 Å². The molecule has 0 radical (unpaired) electrons. The fraction of sp³-hybridized carbons (Fsp3) is 0.588. The highest BCUT2D eigenvalue weighted by molar-refractivity contribution is 5.95. The molecule has 2 fully saturated rings. The summed E-state index contributed by atoms with van der Waals surface area (Å²) in [5, 5.41) is 14.5. The van der Waals surface area contributed by atoms with Crippen molar-refractivity contribution < 1.29 is 14.5 Å². The normalized spacial score (nSPS) is 20.0. The number of hydrogen-bond donors (Lipinski definition) is 1. The molecule has 7 nitrogen and oxygen atoms in total. The van der Waals surface area contributed by atoms with Gasteiger partial charge in [0.15, 0.2) is 5.75 Å². The predicted octanol–water partition coefficient (Wildman–Crippen LogP) is 2.21. The van der Waals surface area contributed by atoms with Crippen LogP contribution in [0.15, 0.2) is 18.2 Å². The first-order valence-corrected chi connectivity index (χ1v) is 8.37. The number of rotatable bonds is 3. The van der Waals surface area contributed by atoms with Crippen LogP contribution in [0.3, 0.4) is 0 Å². The average molecular weight is 333 g/mol. The molecule has 1 spiro atoms. The van der Waals surface area contributed by atoms with Crippen LogP contribution in [0.2, 0.25) is 0 Å². The molecule has 3 rings (SSSR count). The number of hydrogen-bond acceptors (Lipinski definition) is 5. The van der Waals surface area contributed by atoms with Crippen molar-refractivity contribution in [3.63, 3.8) is 0 Å². The van der Waals surface area contributed by atoms with Gasteiger partial charge < -0.3 is 15.0 Å². The molecular formula is C17H23N3O4. The van der Waals surface area contributed by atoms with Gasteiger partial charge in [0, 0.05) is 24.7 Å². The van der Waals surface area contributed by atoms with Crippen LogP contribution in [0.5, 0.6) is 5.75 Å². The van der Waals surface area contributed by atoms with Crippen LogP contribution in [0.1, 0.15) is 36.0 Å². The number of nitro groups is 1. The van der Waals surface area contributed by atoms with Crippen molar-refractivity contribution >= 4 is 11.6 Å². The second kappa shape index (κ2) is 6.76. The van der Waals surface area contributed by atoms with Gasteiger partial charge in [0.1, 0.15) is 0 Å². The van der Waals surface area contributed by atoms with Crippen LogP contribution in [-0.4, -0.2) is 49.0 Å². The smallest absolute Gasteiger partial charge is 0.311 e. The number of nitrogens with one attached hydrogen (secondary N) is 1. The highest BCUT2D eigenvalue weighted by Gasteiger charge is 2.37. The Morgan fingerprint density at radius 2 is 1.92 bits per heavy atom. The molecule has 0 saturated carbocycles. The summed E-state index contributed by atoms with van der Waals surface area (Å²) in [6, 6.07) is 4.41. The van der Waals surface area contributed by atoms with Crippen molar-refractivity contribution in [3.8, 4) is 5.75 Å². The lowest BCUT2D eigenvalue weighted by atomic mass is 9.71. The maximum absolute atomic E-state index is 12.7. The SMILES string of the molecule is COc1ccc(C(=O)N2CCC3(CCNCC3)CC2)cc1[N+](=O)[O-]. The Kier molecular flexibility index (Phi) is 4.71.